The van der Waals surface area contributed by atoms with Crippen molar-refractivity contribution in [3.05, 3.63) is 23.4 Å². The van der Waals surface area contributed by atoms with Crippen LogP contribution in [0.1, 0.15) is 52.8 Å². The molecular formula is C17H31N3. The summed E-state index contributed by atoms with van der Waals surface area (Å²) in [5.74, 6) is 1.78. The summed E-state index contributed by atoms with van der Waals surface area (Å²) in [5.41, 5.74) is 2.52. The van der Waals surface area contributed by atoms with Gasteiger partial charge in [-0.15, -0.1) is 0 Å². The van der Waals surface area contributed by atoms with Crippen molar-refractivity contribution < 1.29 is 0 Å². The lowest BCUT2D eigenvalue weighted by Gasteiger charge is -2.25. The Morgan fingerprint density at radius 1 is 1.15 bits per heavy atom. The number of anilines is 1. The number of nitrogens with one attached hydrogen (secondary N) is 1. The van der Waals surface area contributed by atoms with Crippen molar-refractivity contribution in [1.82, 2.24) is 10.3 Å². The van der Waals surface area contributed by atoms with Gasteiger partial charge in [0.05, 0.1) is 0 Å². The maximum atomic E-state index is 4.80. The highest BCUT2D eigenvalue weighted by atomic mass is 15.2. The monoisotopic (exact) mass is 277 g/mol. The van der Waals surface area contributed by atoms with Gasteiger partial charge in [0.1, 0.15) is 5.82 Å². The van der Waals surface area contributed by atoms with E-state index in [9.17, 15) is 0 Å². The number of nitrogens with zero attached hydrogens (tertiary/aromatic N) is 2. The number of aromatic nitrogens is 1. The second kappa shape index (κ2) is 8.25. The third-order valence-corrected chi connectivity index (χ3v) is 3.29. The summed E-state index contributed by atoms with van der Waals surface area (Å²) in [5, 5.41) is 3.49. The minimum absolute atomic E-state index is 0.509. The molecule has 1 rings (SSSR count). The van der Waals surface area contributed by atoms with E-state index in [1.165, 1.54) is 11.3 Å². The molecule has 3 heteroatoms. The summed E-state index contributed by atoms with van der Waals surface area (Å²) in [7, 11) is 0. The van der Waals surface area contributed by atoms with Crippen LogP contribution < -0.4 is 10.2 Å². The lowest BCUT2D eigenvalue weighted by molar-refractivity contribution is 0.586. The molecule has 114 valence electrons. The fourth-order valence-electron chi connectivity index (χ4n) is 2.23. The van der Waals surface area contributed by atoms with Crippen LogP contribution in [0.5, 0.6) is 0 Å². The van der Waals surface area contributed by atoms with Gasteiger partial charge in [-0.1, -0.05) is 34.6 Å². The average Bonchev–Trinajstić information content (AvgIpc) is 2.41. The molecule has 1 heterocycles. The summed E-state index contributed by atoms with van der Waals surface area (Å²) in [6.07, 6.45) is 0.988. The normalized spacial score (nSPS) is 11.4. The third kappa shape index (κ3) is 5.49. The zero-order valence-corrected chi connectivity index (χ0v) is 14.0. The largest absolute Gasteiger partial charge is 0.357 e. The molecule has 0 spiro atoms. The maximum Gasteiger partial charge on any atom is 0.129 e. The first kappa shape index (κ1) is 17.0. The fraction of sp³-hybridized carbons (Fsp3) is 0.706. The van der Waals surface area contributed by atoms with E-state index in [0.29, 0.717) is 12.0 Å². The number of aryl methyl sites for hydroxylation is 1. The molecule has 1 aromatic rings. The van der Waals surface area contributed by atoms with E-state index < -0.39 is 0 Å². The lowest BCUT2D eigenvalue weighted by Crippen LogP contribution is -2.29. The Morgan fingerprint density at radius 3 is 2.35 bits per heavy atom. The van der Waals surface area contributed by atoms with Crippen LogP contribution in [0, 0.1) is 5.92 Å². The molecule has 20 heavy (non-hydrogen) atoms. The molecule has 1 N–H and O–H groups in total. The van der Waals surface area contributed by atoms with Crippen molar-refractivity contribution in [2.75, 3.05) is 18.0 Å². The SMILES string of the molecule is CCc1cc(CNC(C)C)cc(N(CC)CC(C)C)n1. The van der Waals surface area contributed by atoms with Gasteiger partial charge in [0, 0.05) is 31.4 Å². The molecule has 0 aliphatic heterocycles. The van der Waals surface area contributed by atoms with E-state index in [4.69, 9.17) is 4.98 Å². The summed E-state index contributed by atoms with van der Waals surface area (Å²) in [6, 6.07) is 4.97. The van der Waals surface area contributed by atoms with Gasteiger partial charge in [0.25, 0.3) is 0 Å². The van der Waals surface area contributed by atoms with Crippen LogP contribution >= 0.6 is 0 Å². The molecule has 0 unspecified atom stereocenters. The van der Waals surface area contributed by atoms with Crippen molar-refractivity contribution in [2.24, 2.45) is 5.92 Å². The molecule has 0 fully saturated rings. The van der Waals surface area contributed by atoms with Crippen molar-refractivity contribution in [2.45, 2.75) is 60.5 Å². The highest BCUT2D eigenvalue weighted by Gasteiger charge is 2.10. The second-order valence-corrected chi connectivity index (χ2v) is 6.15. The highest BCUT2D eigenvalue weighted by molar-refractivity contribution is 5.43. The van der Waals surface area contributed by atoms with Crippen LogP contribution in [0.4, 0.5) is 5.82 Å². The smallest absolute Gasteiger partial charge is 0.129 e. The molecular weight excluding hydrogens is 246 g/mol. The number of hydrogen-bond donors (Lipinski definition) is 1. The Balaban J connectivity index is 2.95. The average molecular weight is 277 g/mol. The maximum absolute atomic E-state index is 4.80. The van der Waals surface area contributed by atoms with E-state index in [1.54, 1.807) is 0 Å². The van der Waals surface area contributed by atoms with E-state index in [-0.39, 0.29) is 0 Å². The van der Waals surface area contributed by atoms with Gasteiger partial charge in [-0.2, -0.15) is 0 Å². The molecule has 0 amide bonds. The number of hydrogen-bond acceptors (Lipinski definition) is 3. The van der Waals surface area contributed by atoms with Crippen LogP contribution in [-0.4, -0.2) is 24.1 Å². The van der Waals surface area contributed by atoms with E-state index in [1.807, 2.05) is 0 Å². The minimum atomic E-state index is 0.509. The first-order chi connectivity index (χ1) is 9.46. The van der Waals surface area contributed by atoms with E-state index in [2.05, 4.69) is 63.9 Å². The van der Waals surface area contributed by atoms with E-state index in [0.717, 1.165) is 31.9 Å². The van der Waals surface area contributed by atoms with Crippen molar-refractivity contribution in [1.29, 1.82) is 0 Å². The van der Waals surface area contributed by atoms with Gasteiger partial charge in [0.15, 0.2) is 0 Å². The summed E-state index contributed by atoms with van der Waals surface area (Å²) in [6.45, 7) is 16.2. The number of rotatable bonds is 8. The molecule has 0 aliphatic rings. The quantitative estimate of drug-likeness (QED) is 0.786. The van der Waals surface area contributed by atoms with Gasteiger partial charge in [-0.3, -0.25) is 0 Å². The minimum Gasteiger partial charge on any atom is -0.357 e. The van der Waals surface area contributed by atoms with Crippen LogP contribution in [-0.2, 0) is 13.0 Å². The Kier molecular flexibility index (Phi) is 7.00. The molecule has 0 saturated heterocycles. The number of pyridine rings is 1. The Hall–Kier alpha value is -1.09. The van der Waals surface area contributed by atoms with Crippen molar-refractivity contribution in [3.8, 4) is 0 Å². The van der Waals surface area contributed by atoms with Gasteiger partial charge in [-0.25, -0.2) is 4.98 Å². The zero-order chi connectivity index (χ0) is 15.1. The summed E-state index contributed by atoms with van der Waals surface area (Å²) < 4.78 is 0. The van der Waals surface area contributed by atoms with Crippen LogP contribution in [0.3, 0.4) is 0 Å². The van der Waals surface area contributed by atoms with Crippen LogP contribution in [0.25, 0.3) is 0 Å². The molecule has 0 atom stereocenters. The Labute approximate surface area is 124 Å². The predicted molar refractivity (Wildman–Crippen MR) is 88.3 cm³/mol. The third-order valence-electron chi connectivity index (χ3n) is 3.29. The topological polar surface area (TPSA) is 28.2 Å². The highest BCUT2D eigenvalue weighted by Crippen LogP contribution is 2.17. The molecule has 0 saturated carbocycles. The van der Waals surface area contributed by atoms with E-state index >= 15 is 0 Å². The van der Waals surface area contributed by atoms with Gasteiger partial charge in [-0.05, 0) is 37.0 Å². The second-order valence-electron chi connectivity index (χ2n) is 6.15. The molecule has 0 radical (unpaired) electrons. The fourth-order valence-corrected chi connectivity index (χ4v) is 2.23. The van der Waals surface area contributed by atoms with Gasteiger partial charge in [0.2, 0.25) is 0 Å². The first-order valence-electron chi connectivity index (χ1n) is 7.94. The lowest BCUT2D eigenvalue weighted by atomic mass is 10.1. The standard InChI is InChI=1S/C17H31N3/c1-7-16-9-15(11-18-14(5)6)10-17(19-16)20(8-2)12-13(3)4/h9-10,13-14,18H,7-8,11-12H2,1-6H3. The van der Waals surface area contributed by atoms with Crippen molar-refractivity contribution >= 4 is 5.82 Å². The predicted octanol–water partition coefficient (Wildman–Crippen LogP) is 3.62. The summed E-state index contributed by atoms with van der Waals surface area (Å²) in [4.78, 5) is 7.18. The molecule has 0 bridgehead atoms. The first-order valence-corrected chi connectivity index (χ1v) is 7.94. The summed E-state index contributed by atoms with van der Waals surface area (Å²) >= 11 is 0. The Bertz CT molecular complexity index is 399. The molecule has 0 aromatic carbocycles. The molecule has 3 nitrogen and oxygen atoms in total. The molecule has 1 aromatic heterocycles. The van der Waals surface area contributed by atoms with Crippen LogP contribution in [0.15, 0.2) is 12.1 Å². The zero-order valence-electron chi connectivity index (χ0n) is 14.0. The van der Waals surface area contributed by atoms with Gasteiger partial charge >= 0.3 is 0 Å². The van der Waals surface area contributed by atoms with Crippen molar-refractivity contribution in [3.63, 3.8) is 0 Å². The molecule has 0 aliphatic carbocycles. The van der Waals surface area contributed by atoms with Gasteiger partial charge < -0.3 is 10.2 Å². The Morgan fingerprint density at radius 2 is 1.85 bits per heavy atom. The van der Waals surface area contributed by atoms with Crippen LogP contribution in [0.2, 0.25) is 0 Å².